The number of anilines is 1. The van der Waals surface area contributed by atoms with Crippen molar-refractivity contribution in [2.45, 2.75) is 0 Å². The van der Waals surface area contributed by atoms with E-state index < -0.39 is 0 Å². The van der Waals surface area contributed by atoms with Gasteiger partial charge >= 0.3 is 0 Å². The first-order chi connectivity index (χ1) is 4.61. The van der Waals surface area contributed by atoms with Crippen molar-refractivity contribution in [1.82, 2.24) is 0 Å². The Morgan fingerprint density at radius 3 is 2.30 bits per heavy atom. The predicted octanol–water partition coefficient (Wildman–Crippen LogP) is 3.13. The molecule has 0 aliphatic carbocycles. The molecular formula is C6H4ClI2N. The van der Waals surface area contributed by atoms with E-state index in [2.05, 4.69) is 45.2 Å². The summed E-state index contributed by atoms with van der Waals surface area (Å²) in [5.74, 6) is 0. The van der Waals surface area contributed by atoms with Gasteiger partial charge in [-0.3, -0.25) is 0 Å². The minimum atomic E-state index is 0.721. The van der Waals surface area contributed by atoms with Gasteiger partial charge in [0.2, 0.25) is 0 Å². The molecule has 0 heterocycles. The van der Waals surface area contributed by atoms with Crippen LogP contribution in [0.5, 0.6) is 0 Å². The standard InChI is InChI=1S/C6H4ClI2N/c7-3-1-6(10)5(9)2-4(3)8/h1-2H,10H2. The summed E-state index contributed by atoms with van der Waals surface area (Å²) in [6.07, 6.45) is 0. The number of hydrogen-bond donors (Lipinski definition) is 1. The highest BCUT2D eigenvalue weighted by Crippen LogP contribution is 2.25. The fourth-order valence-corrected chi connectivity index (χ4v) is 2.24. The summed E-state index contributed by atoms with van der Waals surface area (Å²) < 4.78 is 2.09. The Hall–Kier alpha value is 0.770. The van der Waals surface area contributed by atoms with E-state index in [0.29, 0.717) is 0 Å². The third kappa shape index (κ3) is 1.88. The molecule has 1 aromatic carbocycles. The van der Waals surface area contributed by atoms with Crippen LogP contribution in [0.1, 0.15) is 0 Å². The number of halogens is 3. The largest absolute Gasteiger partial charge is 0.398 e. The second-order valence-electron chi connectivity index (χ2n) is 1.79. The van der Waals surface area contributed by atoms with Crippen molar-refractivity contribution < 1.29 is 0 Å². The first-order valence-electron chi connectivity index (χ1n) is 2.51. The molecule has 1 rings (SSSR count). The summed E-state index contributed by atoms with van der Waals surface area (Å²) in [6.45, 7) is 0. The summed E-state index contributed by atoms with van der Waals surface area (Å²) in [5, 5.41) is 0.721. The summed E-state index contributed by atoms with van der Waals surface area (Å²) in [4.78, 5) is 0. The van der Waals surface area contributed by atoms with E-state index in [0.717, 1.165) is 17.9 Å². The van der Waals surface area contributed by atoms with Gasteiger partial charge in [-0.15, -0.1) is 0 Å². The molecule has 1 aromatic rings. The average molecular weight is 379 g/mol. The van der Waals surface area contributed by atoms with Crippen LogP contribution in [0, 0.1) is 7.14 Å². The Labute approximate surface area is 91.6 Å². The number of rotatable bonds is 0. The molecule has 10 heavy (non-hydrogen) atoms. The van der Waals surface area contributed by atoms with Gasteiger partial charge in [0, 0.05) is 12.8 Å². The Morgan fingerprint density at radius 2 is 1.80 bits per heavy atom. The van der Waals surface area contributed by atoms with E-state index in [9.17, 15) is 0 Å². The molecular weight excluding hydrogens is 375 g/mol. The highest BCUT2D eigenvalue weighted by Gasteiger charge is 2.00. The van der Waals surface area contributed by atoms with Crippen molar-refractivity contribution in [3.63, 3.8) is 0 Å². The van der Waals surface area contributed by atoms with Crippen LogP contribution in [0.3, 0.4) is 0 Å². The average Bonchev–Trinajstić information content (AvgIpc) is 1.84. The lowest BCUT2D eigenvalue weighted by atomic mass is 10.3. The molecule has 0 aromatic heterocycles. The monoisotopic (exact) mass is 379 g/mol. The maximum Gasteiger partial charge on any atom is 0.0560 e. The number of benzene rings is 1. The minimum Gasteiger partial charge on any atom is -0.398 e. The smallest absolute Gasteiger partial charge is 0.0560 e. The topological polar surface area (TPSA) is 26.0 Å². The van der Waals surface area contributed by atoms with E-state index in [1.54, 1.807) is 6.07 Å². The third-order valence-electron chi connectivity index (χ3n) is 1.04. The van der Waals surface area contributed by atoms with Gasteiger partial charge in [-0.05, 0) is 57.3 Å². The van der Waals surface area contributed by atoms with Crippen LogP contribution in [0.4, 0.5) is 5.69 Å². The summed E-state index contributed by atoms with van der Waals surface area (Å²) >= 11 is 10.1. The van der Waals surface area contributed by atoms with Crippen LogP contribution in [-0.2, 0) is 0 Å². The van der Waals surface area contributed by atoms with E-state index >= 15 is 0 Å². The number of nitrogens with two attached hydrogens (primary N) is 1. The third-order valence-corrected chi connectivity index (χ3v) is 3.50. The van der Waals surface area contributed by atoms with E-state index in [1.165, 1.54) is 0 Å². The molecule has 0 atom stereocenters. The maximum atomic E-state index is 5.80. The van der Waals surface area contributed by atoms with Crippen LogP contribution in [-0.4, -0.2) is 0 Å². The molecule has 0 radical (unpaired) electrons. The summed E-state index contributed by atoms with van der Waals surface area (Å²) in [5.41, 5.74) is 6.34. The van der Waals surface area contributed by atoms with Gasteiger partial charge in [0.05, 0.1) is 5.02 Å². The van der Waals surface area contributed by atoms with Crippen molar-refractivity contribution in [1.29, 1.82) is 0 Å². The Morgan fingerprint density at radius 1 is 1.20 bits per heavy atom. The van der Waals surface area contributed by atoms with E-state index in [1.807, 2.05) is 6.07 Å². The lowest BCUT2D eigenvalue weighted by Gasteiger charge is -1.99. The Balaban J connectivity index is 3.28. The van der Waals surface area contributed by atoms with E-state index in [4.69, 9.17) is 17.3 Å². The fourth-order valence-electron chi connectivity index (χ4n) is 0.538. The van der Waals surface area contributed by atoms with Gasteiger partial charge in [0.1, 0.15) is 0 Å². The van der Waals surface area contributed by atoms with Gasteiger partial charge in [0.15, 0.2) is 0 Å². The molecule has 0 saturated carbocycles. The zero-order valence-electron chi connectivity index (χ0n) is 4.87. The second-order valence-corrected chi connectivity index (χ2v) is 4.52. The highest BCUT2D eigenvalue weighted by molar-refractivity contribution is 14.1. The van der Waals surface area contributed by atoms with Gasteiger partial charge in [-0.2, -0.15) is 0 Å². The number of hydrogen-bond acceptors (Lipinski definition) is 1. The molecule has 0 aliphatic rings. The van der Waals surface area contributed by atoms with Crippen molar-refractivity contribution >= 4 is 62.5 Å². The maximum absolute atomic E-state index is 5.80. The molecule has 0 aliphatic heterocycles. The van der Waals surface area contributed by atoms with Gasteiger partial charge in [-0.1, -0.05) is 11.6 Å². The molecule has 0 fully saturated rings. The first kappa shape index (κ1) is 8.86. The van der Waals surface area contributed by atoms with Gasteiger partial charge in [0.25, 0.3) is 0 Å². The molecule has 4 heteroatoms. The van der Waals surface area contributed by atoms with Crippen molar-refractivity contribution in [3.05, 3.63) is 24.3 Å². The highest BCUT2D eigenvalue weighted by atomic mass is 127. The molecule has 0 amide bonds. The van der Waals surface area contributed by atoms with Crippen LogP contribution in [0.2, 0.25) is 5.02 Å². The fraction of sp³-hybridized carbons (Fsp3) is 0. The minimum absolute atomic E-state index is 0.721. The lowest BCUT2D eigenvalue weighted by Crippen LogP contribution is -1.89. The molecule has 0 unspecified atom stereocenters. The molecule has 2 N–H and O–H groups in total. The van der Waals surface area contributed by atoms with Crippen LogP contribution < -0.4 is 5.73 Å². The molecule has 0 saturated heterocycles. The van der Waals surface area contributed by atoms with Crippen LogP contribution in [0.25, 0.3) is 0 Å². The van der Waals surface area contributed by atoms with Crippen LogP contribution >= 0.6 is 56.8 Å². The van der Waals surface area contributed by atoms with E-state index in [-0.39, 0.29) is 0 Å². The predicted molar refractivity (Wildman–Crippen MR) is 61.3 cm³/mol. The van der Waals surface area contributed by atoms with Crippen molar-refractivity contribution in [3.8, 4) is 0 Å². The number of nitrogen functional groups attached to an aromatic ring is 1. The summed E-state index contributed by atoms with van der Waals surface area (Å²) in [7, 11) is 0. The second kappa shape index (κ2) is 3.44. The normalized spacial score (nSPS) is 9.90. The molecule has 1 nitrogen and oxygen atoms in total. The molecule has 54 valence electrons. The first-order valence-corrected chi connectivity index (χ1v) is 5.05. The Bertz CT molecular complexity index is 212. The van der Waals surface area contributed by atoms with Gasteiger partial charge < -0.3 is 5.73 Å². The lowest BCUT2D eigenvalue weighted by molar-refractivity contribution is 1.58. The zero-order valence-corrected chi connectivity index (χ0v) is 9.94. The quantitative estimate of drug-likeness (QED) is 0.418. The Kier molecular flexibility index (Phi) is 3.05. The zero-order chi connectivity index (χ0) is 7.72. The SMILES string of the molecule is Nc1cc(Cl)c(I)cc1I. The molecule has 0 spiro atoms. The van der Waals surface area contributed by atoms with Crippen LogP contribution in [0.15, 0.2) is 12.1 Å². The van der Waals surface area contributed by atoms with Gasteiger partial charge in [-0.25, -0.2) is 0 Å². The van der Waals surface area contributed by atoms with Crippen molar-refractivity contribution in [2.24, 2.45) is 0 Å². The summed E-state index contributed by atoms with van der Waals surface area (Å²) in [6, 6.07) is 3.73. The molecule has 0 bridgehead atoms. The van der Waals surface area contributed by atoms with Crippen molar-refractivity contribution in [2.75, 3.05) is 5.73 Å².